The third-order valence-corrected chi connectivity index (χ3v) is 5.71. The Hall–Kier alpha value is -3.82. The van der Waals surface area contributed by atoms with E-state index >= 15 is 0 Å². The van der Waals surface area contributed by atoms with Crippen molar-refractivity contribution in [2.45, 2.75) is 0 Å². The number of carbonyl (C=O) groups is 1. The minimum absolute atomic E-state index is 0.166. The van der Waals surface area contributed by atoms with Gasteiger partial charge in [-0.2, -0.15) is 0 Å². The molecule has 1 amide bonds. The highest BCUT2D eigenvalue weighted by atomic mass is 35.5. The van der Waals surface area contributed by atoms with Crippen LogP contribution in [0, 0.1) is 4.77 Å². The van der Waals surface area contributed by atoms with Crippen molar-refractivity contribution in [2.75, 3.05) is 26.6 Å². The zero-order valence-corrected chi connectivity index (χ0v) is 20.0. The second kappa shape index (κ2) is 9.58. The first-order valence-corrected chi connectivity index (χ1v) is 10.8. The van der Waals surface area contributed by atoms with Gasteiger partial charge in [0.15, 0.2) is 16.3 Å². The molecule has 10 heteroatoms. The lowest BCUT2D eigenvalue weighted by atomic mass is 10.1. The van der Waals surface area contributed by atoms with Crippen molar-refractivity contribution >= 4 is 46.3 Å². The predicted molar refractivity (Wildman–Crippen MR) is 134 cm³/mol. The van der Waals surface area contributed by atoms with Crippen LogP contribution in [0.25, 0.3) is 16.6 Å². The van der Waals surface area contributed by atoms with Gasteiger partial charge < -0.3 is 24.5 Å². The molecular formula is C24H20ClN3O5S. The molecule has 174 valence electrons. The summed E-state index contributed by atoms with van der Waals surface area (Å²) in [5.74, 6) is 1.06. The summed E-state index contributed by atoms with van der Waals surface area (Å²) in [7, 11) is 4.54. The fraction of sp³-hybridized carbons (Fsp3) is 0.125. The van der Waals surface area contributed by atoms with E-state index < -0.39 is 5.91 Å². The van der Waals surface area contributed by atoms with E-state index in [9.17, 15) is 9.59 Å². The van der Waals surface area contributed by atoms with Crippen molar-refractivity contribution in [3.05, 3.63) is 80.3 Å². The highest BCUT2D eigenvalue weighted by Gasteiger charge is 2.15. The molecule has 0 unspecified atom stereocenters. The molecule has 0 spiro atoms. The molecule has 0 aliphatic rings. The number of benzene rings is 3. The highest BCUT2D eigenvalue weighted by Crippen LogP contribution is 2.30. The fourth-order valence-electron chi connectivity index (χ4n) is 3.53. The number of rotatable bonds is 6. The van der Waals surface area contributed by atoms with E-state index in [-0.39, 0.29) is 10.3 Å². The number of fused-ring (bicyclic) bond motifs is 1. The molecule has 0 aliphatic heterocycles. The van der Waals surface area contributed by atoms with E-state index in [1.807, 2.05) is 0 Å². The molecular weight excluding hydrogens is 478 g/mol. The van der Waals surface area contributed by atoms with Gasteiger partial charge in [-0.05, 0) is 60.7 Å². The maximum absolute atomic E-state index is 13.3. The third-order valence-electron chi connectivity index (χ3n) is 5.19. The molecule has 0 radical (unpaired) electrons. The third kappa shape index (κ3) is 4.35. The minimum atomic E-state index is -0.397. The Morgan fingerprint density at radius 3 is 2.35 bits per heavy atom. The molecule has 4 rings (SSSR count). The number of methoxy groups -OCH3 is 3. The van der Waals surface area contributed by atoms with Crippen molar-refractivity contribution in [2.24, 2.45) is 0 Å². The topological polar surface area (TPSA) is 94.6 Å². The van der Waals surface area contributed by atoms with Gasteiger partial charge in [0.2, 0.25) is 0 Å². The Morgan fingerprint density at radius 2 is 1.65 bits per heavy atom. The van der Waals surface area contributed by atoms with Crippen LogP contribution in [0.1, 0.15) is 10.4 Å². The van der Waals surface area contributed by atoms with E-state index in [0.29, 0.717) is 50.1 Å². The number of carbonyl (C=O) groups excluding carboxylic acids is 1. The number of hydrogen-bond acceptors (Lipinski definition) is 6. The number of ether oxygens (including phenoxy) is 3. The van der Waals surface area contributed by atoms with Gasteiger partial charge in [0, 0.05) is 16.7 Å². The number of amides is 1. The molecule has 0 saturated heterocycles. The molecule has 0 fully saturated rings. The highest BCUT2D eigenvalue weighted by molar-refractivity contribution is 7.71. The van der Waals surface area contributed by atoms with Gasteiger partial charge in [-0.25, -0.2) is 0 Å². The first kappa shape index (κ1) is 23.3. The molecule has 4 aromatic rings. The Kier molecular flexibility index (Phi) is 6.58. The quantitative estimate of drug-likeness (QED) is 0.365. The summed E-state index contributed by atoms with van der Waals surface area (Å²) in [6.07, 6.45) is 0. The summed E-state index contributed by atoms with van der Waals surface area (Å²) >= 11 is 11.5. The molecule has 34 heavy (non-hydrogen) atoms. The monoisotopic (exact) mass is 497 g/mol. The first-order chi connectivity index (χ1) is 16.4. The maximum Gasteiger partial charge on any atom is 0.266 e. The molecule has 0 aliphatic carbocycles. The van der Waals surface area contributed by atoms with Gasteiger partial charge in [0.25, 0.3) is 11.5 Å². The van der Waals surface area contributed by atoms with E-state index in [1.54, 1.807) is 54.6 Å². The molecule has 1 heterocycles. The van der Waals surface area contributed by atoms with E-state index in [1.165, 1.54) is 25.9 Å². The lowest BCUT2D eigenvalue weighted by molar-refractivity contribution is 0.102. The summed E-state index contributed by atoms with van der Waals surface area (Å²) in [6, 6.07) is 14.7. The number of halogens is 1. The van der Waals surface area contributed by atoms with E-state index in [4.69, 9.17) is 38.0 Å². The van der Waals surface area contributed by atoms with Crippen LogP contribution in [-0.2, 0) is 0 Å². The van der Waals surface area contributed by atoms with E-state index in [2.05, 4.69) is 10.3 Å². The Labute approximate surface area is 204 Å². The average molecular weight is 498 g/mol. The zero-order chi connectivity index (χ0) is 24.4. The van der Waals surface area contributed by atoms with Crippen molar-refractivity contribution in [3.63, 3.8) is 0 Å². The van der Waals surface area contributed by atoms with Crippen LogP contribution >= 0.6 is 23.8 Å². The van der Waals surface area contributed by atoms with Crippen LogP contribution in [0.2, 0.25) is 5.02 Å². The fourth-order valence-corrected chi connectivity index (χ4v) is 4.00. The Balaban J connectivity index is 1.74. The summed E-state index contributed by atoms with van der Waals surface area (Å²) in [5, 5.41) is 3.59. The molecule has 3 aromatic carbocycles. The molecule has 8 nitrogen and oxygen atoms in total. The van der Waals surface area contributed by atoms with Gasteiger partial charge in [0.1, 0.15) is 5.75 Å². The number of aromatic amines is 1. The van der Waals surface area contributed by atoms with Crippen LogP contribution in [0.4, 0.5) is 5.69 Å². The van der Waals surface area contributed by atoms with E-state index in [0.717, 1.165) is 0 Å². The standard InChI is InChI=1S/C24H20ClN3O5S/c1-31-19-8-5-14(25)11-18(19)26-22(29)13-4-7-16-17(10-13)27-24(34)28(23(16)30)15-6-9-20(32-2)21(12-15)33-3/h4-12H,1-3H3,(H,26,29)(H,27,34). The lowest BCUT2D eigenvalue weighted by Crippen LogP contribution is -2.21. The van der Waals surface area contributed by atoms with Crippen molar-refractivity contribution in [3.8, 4) is 22.9 Å². The van der Waals surface area contributed by atoms with Crippen LogP contribution in [0.15, 0.2) is 59.4 Å². The largest absolute Gasteiger partial charge is 0.495 e. The summed E-state index contributed by atoms with van der Waals surface area (Å²) in [4.78, 5) is 29.2. The molecule has 2 N–H and O–H groups in total. The second-order valence-corrected chi connectivity index (χ2v) is 7.99. The number of anilines is 1. The lowest BCUT2D eigenvalue weighted by Gasteiger charge is -2.13. The normalized spacial score (nSPS) is 10.7. The van der Waals surface area contributed by atoms with Crippen molar-refractivity contribution in [1.29, 1.82) is 0 Å². The number of aromatic nitrogens is 2. The average Bonchev–Trinajstić information content (AvgIpc) is 2.83. The molecule has 0 atom stereocenters. The number of hydrogen-bond donors (Lipinski definition) is 2. The van der Waals surface area contributed by atoms with Gasteiger partial charge in [0.05, 0.1) is 43.6 Å². The summed E-state index contributed by atoms with van der Waals surface area (Å²) in [6.45, 7) is 0. The van der Waals surface area contributed by atoms with Gasteiger partial charge in [-0.3, -0.25) is 14.2 Å². The number of nitrogens with zero attached hydrogens (tertiary/aromatic N) is 1. The predicted octanol–water partition coefficient (Wildman–Crippen LogP) is 4.98. The first-order valence-electron chi connectivity index (χ1n) is 10.0. The van der Waals surface area contributed by atoms with Crippen LogP contribution in [0.3, 0.4) is 0 Å². The van der Waals surface area contributed by atoms with Gasteiger partial charge >= 0.3 is 0 Å². The maximum atomic E-state index is 13.3. The van der Waals surface area contributed by atoms with Crippen LogP contribution in [0.5, 0.6) is 17.2 Å². The van der Waals surface area contributed by atoms with Crippen molar-refractivity contribution in [1.82, 2.24) is 9.55 Å². The van der Waals surface area contributed by atoms with Gasteiger partial charge in [-0.1, -0.05) is 11.6 Å². The van der Waals surface area contributed by atoms with Crippen LogP contribution < -0.4 is 25.1 Å². The SMILES string of the molecule is COc1ccc(Cl)cc1NC(=O)c1ccc2c(=O)n(-c3ccc(OC)c(OC)c3)c(=S)[nH]c2c1. The smallest absolute Gasteiger partial charge is 0.266 e. The molecule has 0 bridgehead atoms. The second-order valence-electron chi connectivity index (χ2n) is 7.17. The molecule has 0 saturated carbocycles. The van der Waals surface area contributed by atoms with Crippen LogP contribution in [-0.4, -0.2) is 36.8 Å². The summed E-state index contributed by atoms with van der Waals surface area (Å²) in [5.41, 5.74) is 1.35. The Morgan fingerprint density at radius 1 is 0.941 bits per heavy atom. The Bertz CT molecular complexity index is 1530. The van der Waals surface area contributed by atoms with Crippen molar-refractivity contribution < 1.29 is 19.0 Å². The minimum Gasteiger partial charge on any atom is -0.495 e. The number of nitrogens with one attached hydrogen (secondary N) is 2. The zero-order valence-electron chi connectivity index (χ0n) is 18.5. The van der Waals surface area contributed by atoms with Gasteiger partial charge in [-0.15, -0.1) is 0 Å². The molecule has 1 aromatic heterocycles. The summed E-state index contributed by atoms with van der Waals surface area (Å²) < 4.78 is 17.4. The number of H-pyrrole nitrogens is 1.